The highest BCUT2D eigenvalue weighted by Crippen LogP contribution is 2.25. The molecule has 0 radical (unpaired) electrons. The highest BCUT2D eigenvalue weighted by molar-refractivity contribution is 9.10. The standard InChI is InChI=1S/C15H9BrF3N3O2/c16-9-4-5-22-12(8-20-13(22)6-9)14(23)21-10-2-1-3-11(7-10)24-15(17,18)19/h1-8H,(H,21,23). The second-order valence-corrected chi connectivity index (χ2v) is 5.66. The number of nitrogens with zero attached hydrogens (tertiary/aromatic N) is 2. The largest absolute Gasteiger partial charge is 0.573 e. The van der Waals surface area contributed by atoms with Crippen LogP contribution < -0.4 is 10.1 Å². The van der Waals surface area contributed by atoms with E-state index in [1.165, 1.54) is 18.3 Å². The third-order valence-corrected chi connectivity index (χ3v) is 3.53. The smallest absolute Gasteiger partial charge is 0.406 e. The lowest BCUT2D eigenvalue weighted by atomic mass is 10.3. The lowest BCUT2D eigenvalue weighted by Crippen LogP contribution is -2.18. The van der Waals surface area contributed by atoms with Crippen molar-refractivity contribution in [3.05, 3.63) is 59.0 Å². The Kier molecular flexibility index (Phi) is 4.18. The molecule has 3 aromatic rings. The number of alkyl halides is 3. The number of anilines is 1. The van der Waals surface area contributed by atoms with Crippen molar-refractivity contribution >= 4 is 33.2 Å². The SMILES string of the molecule is O=C(Nc1cccc(OC(F)(F)F)c1)c1cnc2cc(Br)ccn12. The third-order valence-electron chi connectivity index (χ3n) is 3.03. The van der Waals surface area contributed by atoms with Gasteiger partial charge in [-0.2, -0.15) is 0 Å². The monoisotopic (exact) mass is 399 g/mol. The number of amides is 1. The van der Waals surface area contributed by atoms with Crippen molar-refractivity contribution in [2.75, 3.05) is 5.32 Å². The van der Waals surface area contributed by atoms with Crippen LogP contribution in [0.3, 0.4) is 0 Å². The van der Waals surface area contributed by atoms with Gasteiger partial charge < -0.3 is 10.1 Å². The average Bonchev–Trinajstić information content (AvgIpc) is 2.88. The van der Waals surface area contributed by atoms with Gasteiger partial charge in [0, 0.05) is 22.4 Å². The van der Waals surface area contributed by atoms with Gasteiger partial charge in [-0.25, -0.2) is 4.98 Å². The second kappa shape index (κ2) is 6.16. The summed E-state index contributed by atoms with van der Waals surface area (Å²) in [6, 6.07) is 8.52. The number of carbonyl (C=O) groups is 1. The van der Waals surface area contributed by atoms with Gasteiger partial charge >= 0.3 is 6.36 Å². The van der Waals surface area contributed by atoms with E-state index in [-0.39, 0.29) is 11.4 Å². The molecule has 1 amide bonds. The van der Waals surface area contributed by atoms with Gasteiger partial charge in [0.15, 0.2) is 0 Å². The van der Waals surface area contributed by atoms with E-state index in [9.17, 15) is 18.0 Å². The normalized spacial score (nSPS) is 11.5. The molecule has 2 heterocycles. The van der Waals surface area contributed by atoms with Crippen molar-refractivity contribution in [2.24, 2.45) is 0 Å². The molecule has 124 valence electrons. The topological polar surface area (TPSA) is 55.6 Å². The molecule has 0 atom stereocenters. The molecule has 1 aromatic carbocycles. The van der Waals surface area contributed by atoms with E-state index >= 15 is 0 Å². The number of nitrogens with one attached hydrogen (secondary N) is 1. The van der Waals surface area contributed by atoms with Gasteiger partial charge in [0.25, 0.3) is 5.91 Å². The van der Waals surface area contributed by atoms with Gasteiger partial charge in [-0.1, -0.05) is 22.0 Å². The van der Waals surface area contributed by atoms with Crippen LogP contribution in [-0.4, -0.2) is 21.7 Å². The number of fused-ring (bicyclic) bond motifs is 1. The summed E-state index contributed by atoms with van der Waals surface area (Å²) >= 11 is 3.30. The van der Waals surface area contributed by atoms with E-state index in [0.717, 1.165) is 16.6 Å². The molecule has 5 nitrogen and oxygen atoms in total. The molecule has 0 saturated carbocycles. The molecule has 0 aliphatic carbocycles. The number of hydrogen-bond donors (Lipinski definition) is 1. The summed E-state index contributed by atoms with van der Waals surface area (Å²) in [6.07, 6.45) is -1.75. The van der Waals surface area contributed by atoms with Crippen molar-refractivity contribution < 1.29 is 22.7 Å². The molecule has 0 bridgehead atoms. The van der Waals surface area contributed by atoms with Gasteiger partial charge in [-0.3, -0.25) is 9.20 Å². The van der Waals surface area contributed by atoms with E-state index in [1.54, 1.807) is 22.7 Å². The molecule has 0 aliphatic rings. The first-order chi connectivity index (χ1) is 11.3. The summed E-state index contributed by atoms with van der Waals surface area (Å²) in [6.45, 7) is 0. The summed E-state index contributed by atoms with van der Waals surface area (Å²) in [5.74, 6) is -0.920. The Morgan fingerprint density at radius 3 is 2.79 bits per heavy atom. The highest BCUT2D eigenvalue weighted by atomic mass is 79.9. The third kappa shape index (κ3) is 3.67. The molecule has 0 fully saturated rings. The Balaban J connectivity index is 1.82. The summed E-state index contributed by atoms with van der Waals surface area (Å²) in [5.41, 5.74) is 0.983. The Hall–Kier alpha value is -2.55. The first-order valence-electron chi connectivity index (χ1n) is 6.61. The van der Waals surface area contributed by atoms with Crippen LogP contribution in [0.1, 0.15) is 10.5 Å². The van der Waals surface area contributed by atoms with Crippen LogP contribution in [0.2, 0.25) is 0 Å². The maximum absolute atomic E-state index is 12.3. The number of imidazole rings is 1. The van der Waals surface area contributed by atoms with Crippen LogP contribution in [0.25, 0.3) is 5.65 Å². The molecule has 0 unspecified atom stereocenters. The first-order valence-corrected chi connectivity index (χ1v) is 7.41. The van der Waals surface area contributed by atoms with Crippen molar-refractivity contribution in [3.8, 4) is 5.75 Å². The predicted octanol–water partition coefficient (Wildman–Crippen LogP) is 4.25. The van der Waals surface area contributed by atoms with Crippen molar-refractivity contribution in [3.63, 3.8) is 0 Å². The van der Waals surface area contributed by atoms with E-state index in [0.29, 0.717) is 5.65 Å². The number of pyridine rings is 1. The van der Waals surface area contributed by atoms with Crippen LogP contribution in [0.15, 0.2) is 53.3 Å². The molecular weight excluding hydrogens is 391 g/mol. The van der Waals surface area contributed by atoms with Gasteiger partial charge in [0.2, 0.25) is 0 Å². The second-order valence-electron chi connectivity index (χ2n) is 4.75. The minimum Gasteiger partial charge on any atom is -0.406 e. The van der Waals surface area contributed by atoms with Gasteiger partial charge in [-0.05, 0) is 24.3 Å². The van der Waals surface area contributed by atoms with Gasteiger partial charge in [-0.15, -0.1) is 13.2 Å². The predicted molar refractivity (Wildman–Crippen MR) is 84.0 cm³/mol. The summed E-state index contributed by atoms with van der Waals surface area (Å²) < 4.78 is 42.9. The lowest BCUT2D eigenvalue weighted by Gasteiger charge is -2.10. The fourth-order valence-electron chi connectivity index (χ4n) is 2.09. The molecule has 2 aromatic heterocycles. The summed E-state index contributed by atoms with van der Waals surface area (Å²) in [4.78, 5) is 16.4. The zero-order chi connectivity index (χ0) is 17.3. The molecule has 0 aliphatic heterocycles. The molecule has 0 saturated heterocycles. The number of rotatable bonds is 3. The summed E-state index contributed by atoms with van der Waals surface area (Å²) in [5, 5.41) is 2.52. The molecule has 0 spiro atoms. The fourth-order valence-corrected chi connectivity index (χ4v) is 2.41. The number of halogens is 4. The van der Waals surface area contributed by atoms with Gasteiger partial charge in [0.1, 0.15) is 17.1 Å². The molecule has 9 heteroatoms. The van der Waals surface area contributed by atoms with Crippen molar-refractivity contribution in [1.29, 1.82) is 0 Å². The number of benzene rings is 1. The minimum atomic E-state index is -4.79. The lowest BCUT2D eigenvalue weighted by molar-refractivity contribution is -0.274. The van der Waals surface area contributed by atoms with E-state index in [1.807, 2.05) is 0 Å². The zero-order valence-electron chi connectivity index (χ0n) is 11.8. The number of hydrogen-bond acceptors (Lipinski definition) is 3. The molecule has 3 rings (SSSR count). The average molecular weight is 400 g/mol. The number of ether oxygens (including phenoxy) is 1. The molecule has 24 heavy (non-hydrogen) atoms. The number of aromatic nitrogens is 2. The van der Waals surface area contributed by atoms with Crippen molar-refractivity contribution in [2.45, 2.75) is 6.36 Å². The number of carbonyl (C=O) groups excluding carboxylic acids is 1. The van der Waals surface area contributed by atoms with Crippen LogP contribution in [0.4, 0.5) is 18.9 Å². The Morgan fingerprint density at radius 2 is 2.04 bits per heavy atom. The van der Waals surface area contributed by atoms with E-state index in [4.69, 9.17) is 0 Å². The van der Waals surface area contributed by atoms with Gasteiger partial charge in [0.05, 0.1) is 6.20 Å². The highest BCUT2D eigenvalue weighted by Gasteiger charge is 2.31. The van der Waals surface area contributed by atoms with Crippen molar-refractivity contribution in [1.82, 2.24) is 9.38 Å². The quantitative estimate of drug-likeness (QED) is 0.716. The Bertz CT molecular complexity index is 908. The fraction of sp³-hybridized carbons (Fsp3) is 0.0667. The maximum atomic E-state index is 12.3. The first kappa shape index (κ1) is 16.3. The minimum absolute atomic E-state index is 0.175. The summed E-state index contributed by atoms with van der Waals surface area (Å²) in [7, 11) is 0. The molecule has 1 N–H and O–H groups in total. The van der Waals surface area contributed by atoms with E-state index in [2.05, 4.69) is 31.0 Å². The van der Waals surface area contributed by atoms with E-state index < -0.39 is 18.0 Å². The zero-order valence-corrected chi connectivity index (χ0v) is 13.4. The van der Waals surface area contributed by atoms with Crippen LogP contribution in [0.5, 0.6) is 5.75 Å². The van der Waals surface area contributed by atoms with Crippen LogP contribution in [0, 0.1) is 0 Å². The Morgan fingerprint density at radius 1 is 1.25 bits per heavy atom. The molecular formula is C15H9BrF3N3O2. The van der Waals surface area contributed by atoms with Crippen LogP contribution in [-0.2, 0) is 0 Å². The maximum Gasteiger partial charge on any atom is 0.573 e. The van der Waals surface area contributed by atoms with Crippen LogP contribution >= 0.6 is 15.9 Å². The Labute approximate surface area is 142 Å².